The van der Waals surface area contributed by atoms with Crippen molar-refractivity contribution in [3.05, 3.63) is 71.8 Å². The Labute approximate surface area is 137 Å². The average Bonchev–Trinajstić information content (AvgIpc) is 3.11. The van der Waals surface area contributed by atoms with E-state index in [-0.39, 0.29) is 5.84 Å². The molecule has 2 aromatic carbocycles. The molecular weight excluding hydrogens is 312 g/mol. The minimum atomic E-state index is 0.179. The van der Waals surface area contributed by atoms with Gasteiger partial charge in [0.1, 0.15) is 0 Å². The third-order valence-electron chi connectivity index (χ3n) is 3.44. The molecule has 1 heterocycles. The van der Waals surface area contributed by atoms with Gasteiger partial charge in [-0.3, -0.25) is 0 Å². The van der Waals surface area contributed by atoms with Gasteiger partial charge in [0.15, 0.2) is 5.84 Å². The van der Waals surface area contributed by atoms with Crippen molar-refractivity contribution >= 4 is 17.4 Å². The standard InChI is InChI=1S/C16H13ClN6/c17-15-9-13(23-8-7-20-10-23)5-6-14(15)11-1-3-12(4-2-11)16(21-18)22-19/h1-10,18H,19H2. The molecule has 114 valence electrons. The first-order chi connectivity index (χ1) is 11.2. The lowest BCUT2D eigenvalue weighted by Crippen LogP contribution is -1.99. The third-order valence-corrected chi connectivity index (χ3v) is 3.75. The van der Waals surface area contributed by atoms with Crippen molar-refractivity contribution in [2.45, 2.75) is 0 Å². The summed E-state index contributed by atoms with van der Waals surface area (Å²) in [7, 11) is 0. The number of aromatic nitrogens is 2. The molecule has 23 heavy (non-hydrogen) atoms. The second kappa shape index (κ2) is 6.41. The largest absolute Gasteiger partial charge is 0.321 e. The zero-order valence-corrected chi connectivity index (χ0v) is 12.8. The molecule has 3 N–H and O–H groups in total. The quantitative estimate of drug-likeness (QED) is 0.252. The van der Waals surface area contributed by atoms with Gasteiger partial charge in [-0.25, -0.2) is 10.5 Å². The predicted molar refractivity (Wildman–Crippen MR) is 89.9 cm³/mol. The number of hydrogen-bond acceptors (Lipinski definition) is 4. The third kappa shape index (κ3) is 2.97. The fourth-order valence-electron chi connectivity index (χ4n) is 2.28. The van der Waals surface area contributed by atoms with Crippen LogP contribution in [0, 0.1) is 5.53 Å². The van der Waals surface area contributed by atoms with Crippen LogP contribution in [0.5, 0.6) is 0 Å². The van der Waals surface area contributed by atoms with Gasteiger partial charge in [-0.1, -0.05) is 41.9 Å². The van der Waals surface area contributed by atoms with Crippen LogP contribution in [0.2, 0.25) is 5.02 Å². The second-order valence-electron chi connectivity index (χ2n) is 4.78. The Balaban J connectivity index is 1.94. The maximum atomic E-state index is 7.03. The molecule has 0 fully saturated rings. The number of nitrogens with two attached hydrogens (primary N) is 1. The molecule has 1 aromatic heterocycles. The number of nitrogens with zero attached hydrogens (tertiary/aromatic N) is 4. The summed E-state index contributed by atoms with van der Waals surface area (Å²) in [5.41, 5.74) is 10.5. The number of nitrogens with one attached hydrogen (secondary N) is 1. The maximum absolute atomic E-state index is 7.03. The number of hydrazone groups is 1. The molecule has 0 aliphatic heterocycles. The number of rotatable bonds is 3. The summed E-state index contributed by atoms with van der Waals surface area (Å²) >= 11 is 6.41. The molecule has 0 unspecified atom stereocenters. The summed E-state index contributed by atoms with van der Waals surface area (Å²) in [4.78, 5) is 4.03. The topological polar surface area (TPSA) is 92.4 Å². The lowest BCUT2D eigenvalue weighted by atomic mass is 10.0. The molecular formula is C16H13ClN6. The lowest BCUT2D eigenvalue weighted by Gasteiger charge is -2.09. The SMILES string of the molecule is N=NC(=NN)c1ccc(-c2ccc(-n3ccnc3)cc2Cl)cc1. The first-order valence-electron chi connectivity index (χ1n) is 6.77. The van der Waals surface area contributed by atoms with E-state index in [1.807, 2.05) is 41.1 Å². The van der Waals surface area contributed by atoms with Crippen LogP contribution in [-0.2, 0) is 0 Å². The molecule has 3 rings (SSSR count). The van der Waals surface area contributed by atoms with Gasteiger partial charge in [0, 0.05) is 29.2 Å². The Hall–Kier alpha value is -2.99. The number of hydrogen-bond donors (Lipinski definition) is 2. The van der Waals surface area contributed by atoms with Gasteiger partial charge in [-0.05, 0) is 17.7 Å². The minimum Gasteiger partial charge on any atom is -0.321 e. The van der Waals surface area contributed by atoms with Crippen LogP contribution in [0.3, 0.4) is 0 Å². The maximum Gasteiger partial charge on any atom is 0.199 e. The van der Waals surface area contributed by atoms with Crippen LogP contribution in [0.25, 0.3) is 16.8 Å². The molecule has 0 aliphatic rings. The molecule has 7 heteroatoms. The molecule has 0 radical (unpaired) electrons. The van der Waals surface area contributed by atoms with Gasteiger partial charge >= 0.3 is 0 Å². The van der Waals surface area contributed by atoms with Gasteiger partial charge in [0.05, 0.1) is 11.3 Å². The Morgan fingerprint density at radius 2 is 1.96 bits per heavy atom. The minimum absolute atomic E-state index is 0.179. The Morgan fingerprint density at radius 3 is 2.52 bits per heavy atom. The van der Waals surface area contributed by atoms with Crippen molar-refractivity contribution in [1.29, 1.82) is 5.53 Å². The molecule has 0 saturated carbocycles. The van der Waals surface area contributed by atoms with E-state index >= 15 is 0 Å². The number of amidine groups is 1. The summed E-state index contributed by atoms with van der Waals surface area (Å²) in [5, 5.41) is 7.38. The Bertz CT molecular complexity index is 853. The fraction of sp³-hybridized carbons (Fsp3) is 0. The van der Waals surface area contributed by atoms with E-state index in [1.54, 1.807) is 24.7 Å². The molecule has 0 spiro atoms. The van der Waals surface area contributed by atoms with Gasteiger partial charge < -0.3 is 10.4 Å². The summed E-state index contributed by atoms with van der Waals surface area (Å²) < 4.78 is 1.89. The first-order valence-corrected chi connectivity index (χ1v) is 7.15. The van der Waals surface area contributed by atoms with Crippen LogP contribution < -0.4 is 5.84 Å². The summed E-state index contributed by atoms with van der Waals surface area (Å²) in [6.45, 7) is 0. The molecule has 0 saturated heterocycles. The molecule has 3 aromatic rings. The van der Waals surface area contributed by atoms with Crippen LogP contribution in [0.4, 0.5) is 0 Å². The van der Waals surface area contributed by atoms with E-state index in [0.29, 0.717) is 10.6 Å². The van der Waals surface area contributed by atoms with Crippen LogP contribution in [-0.4, -0.2) is 15.4 Å². The normalized spacial score (nSPS) is 11.4. The number of halogens is 1. The lowest BCUT2D eigenvalue weighted by molar-refractivity contribution is 1.06. The van der Waals surface area contributed by atoms with Crippen molar-refractivity contribution in [1.82, 2.24) is 9.55 Å². The number of imidazole rings is 1. The molecule has 0 aliphatic carbocycles. The average molecular weight is 325 g/mol. The Morgan fingerprint density at radius 1 is 1.17 bits per heavy atom. The van der Waals surface area contributed by atoms with Gasteiger partial charge in [-0.15, -0.1) is 5.11 Å². The van der Waals surface area contributed by atoms with Crippen LogP contribution in [0.1, 0.15) is 5.56 Å². The Kier molecular flexibility index (Phi) is 4.16. The highest BCUT2D eigenvalue weighted by Crippen LogP contribution is 2.30. The van der Waals surface area contributed by atoms with E-state index in [9.17, 15) is 0 Å². The van der Waals surface area contributed by atoms with E-state index in [4.69, 9.17) is 23.0 Å². The van der Waals surface area contributed by atoms with Crippen molar-refractivity contribution in [2.24, 2.45) is 16.1 Å². The molecule has 0 bridgehead atoms. The summed E-state index contributed by atoms with van der Waals surface area (Å²) in [5.74, 6) is 5.38. The molecule has 0 atom stereocenters. The fourth-order valence-corrected chi connectivity index (χ4v) is 2.56. The number of benzene rings is 2. The zero-order chi connectivity index (χ0) is 16.2. The first kappa shape index (κ1) is 14.9. The van der Waals surface area contributed by atoms with Crippen molar-refractivity contribution in [3.63, 3.8) is 0 Å². The zero-order valence-electron chi connectivity index (χ0n) is 12.0. The van der Waals surface area contributed by atoms with Crippen molar-refractivity contribution in [3.8, 4) is 16.8 Å². The van der Waals surface area contributed by atoms with E-state index in [0.717, 1.165) is 16.8 Å². The summed E-state index contributed by atoms with van der Waals surface area (Å²) in [6, 6.07) is 13.2. The van der Waals surface area contributed by atoms with E-state index < -0.39 is 0 Å². The second-order valence-corrected chi connectivity index (χ2v) is 5.18. The smallest absolute Gasteiger partial charge is 0.199 e. The highest BCUT2D eigenvalue weighted by Gasteiger charge is 2.07. The van der Waals surface area contributed by atoms with Gasteiger partial charge in [-0.2, -0.15) is 5.10 Å². The van der Waals surface area contributed by atoms with Crippen LogP contribution in [0.15, 0.2) is 71.4 Å². The van der Waals surface area contributed by atoms with Crippen LogP contribution >= 0.6 is 11.6 Å². The van der Waals surface area contributed by atoms with Gasteiger partial charge in [0.25, 0.3) is 0 Å². The molecule has 0 amide bonds. The van der Waals surface area contributed by atoms with Gasteiger partial charge in [0.2, 0.25) is 0 Å². The summed E-state index contributed by atoms with van der Waals surface area (Å²) in [6.07, 6.45) is 5.30. The van der Waals surface area contributed by atoms with Crippen molar-refractivity contribution in [2.75, 3.05) is 0 Å². The van der Waals surface area contributed by atoms with Crippen molar-refractivity contribution < 1.29 is 0 Å². The van der Waals surface area contributed by atoms with E-state index in [1.165, 1.54) is 0 Å². The highest BCUT2D eigenvalue weighted by atomic mass is 35.5. The van der Waals surface area contributed by atoms with E-state index in [2.05, 4.69) is 15.2 Å². The molecule has 6 nitrogen and oxygen atoms in total. The predicted octanol–water partition coefficient (Wildman–Crippen LogP) is 3.84. The monoisotopic (exact) mass is 324 g/mol. The highest BCUT2D eigenvalue weighted by molar-refractivity contribution is 6.33.